The molecule has 88 valence electrons. The number of hydrogen-bond acceptors (Lipinski definition) is 6. The van der Waals surface area contributed by atoms with Gasteiger partial charge in [0.1, 0.15) is 18.2 Å². The summed E-state index contributed by atoms with van der Waals surface area (Å²) in [5.41, 5.74) is 0. The first-order valence-electron chi connectivity index (χ1n) is 5.13. The van der Waals surface area contributed by atoms with Crippen molar-refractivity contribution in [2.75, 3.05) is 30.8 Å². The minimum Gasteiger partial charge on any atom is -0.468 e. The molecule has 0 spiro atoms. The van der Waals surface area contributed by atoms with Gasteiger partial charge in [0.2, 0.25) is 0 Å². The number of ether oxygens (including phenoxy) is 1. The predicted molar refractivity (Wildman–Crippen MR) is 61.3 cm³/mol. The summed E-state index contributed by atoms with van der Waals surface area (Å²) in [6.07, 6.45) is 4.21. The molecule has 1 rings (SSSR count). The van der Waals surface area contributed by atoms with Gasteiger partial charge in [-0.15, -0.1) is 0 Å². The zero-order chi connectivity index (χ0) is 11.8. The van der Waals surface area contributed by atoms with Crippen molar-refractivity contribution >= 4 is 17.6 Å². The molecule has 0 radical (unpaired) electrons. The molecule has 6 heteroatoms. The number of anilines is 2. The summed E-state index contributed by atoms with van der Waals surface area (Å²) in [6, 6.07) is 0. The van der Waals surface area contributed by atoms with Crippen molar-refractivity contribution in [3.63, 3.8) is 0 Å². The molecule has 2 N–H and O–H groups in total. The van der Waals surface area contributed by atoms with Crippen molar-refractivity contribution in [2.45, 2.75) is 13.3 Å². The summed E-state index contributed by atoms with van der Waals surface area (Å²) < 4.78 is 4.50. The minimum absolute atomic E-state index is 0.0857. The van der Waals surface area contributed by atoms with Crippen LogP contribution in [0.3, 0.4) is 0 Å². The molecule has 0 saturated heterocycles. The highest BCUT2D eigenvalue weighted by molar-refractivity contribution is 5.74. The van der Waals surface area contributed by atoms with Crippen molar-refractivity contribution < 1.29 is 9.53 Å². The Balaban J connectivity index is 2.50. The molecular weight excluding hydrogens is 208 g/mol. The Morgan fingerprint density at radius 3 is 2.69 bits per heavy atom. The molecule has 0 fully saturated rings. The Morgan fingerprint density at radius 1 is 1.38 bits per heavy atom. The van der Waals surface area contributed by atoms with Crippen molar-refractivity contribution in [1.82, 2.24) is 9.97 Å². The first-order valence-corrected chi connectivity index (χ1v) is 5.13. The zero-order valence-electron chi connectivity index (χ0n) is 9.49. The highest BCUT2D eigenvalue weighted by Crippen LogP contribution is 2.05. The molecule has 0 aliphatic carbocycles. The molecule has 0 saturated carbocycles. The van der Waals surface area contributed by atoms with Crippen molar-refractivity contribution in [2.24, 2.45) is 0 Å². The predicted octanol–water partition coefficient (Wildman–Crippen LogP) is 0.883. The van der Waals surface area contributed by atoms with Crippen LogP contribution in [-0.4, -0.2) is 36.1 Å². The first-order chi connectivity index (χ1) is 7.76. The van der Waals surface area contributed by atoms with E-state index in [1.54, 1.807) is 12.4 Å². The van der Waals surface area contributed by atoms with E-state index in [9.17, 15) is 4.79 Å². The third-order valence-electron chi connectivity index (χ3n) is 1.83. The van der Waals surface area contributed by atoms with Crippen molar-refractivity contribution in [3.05, 3.63) is 12.4 Å². The highest BCUT2D eigenvalue weighted by atomic mass is 16.5. The lowest BCUT2D eigenvalue weighted by atomic mass is 10.5. The molecule has 6 nitrogen and oxygen atoms in total. The molecule has 0 atom stereocenters. The third kappa shape index (κ3) is 4.12. The molecule has 0 unspecified atom stereocenters. The van der Waals surface area contributed by atoms with E-state index in [-0.39, 0.29) is 12.5 Å². The molecule has 0 bridgehead atoms. The summed E-state index contributed by atoms with van der Waals surface area (Å²) in [4.78, 5) is 19.1. The van der Waals surface area contributed by atoms with Crippen LogP contribution in [0.25, 0.3) is 0 Å². The number of nitrogens with one attached hydrogen (secondary N) is 2. The van der Waals surface area contributed by atoms with Gasteiger partial charge >= 0.3 is 5.97 Å². The van der Waals surface area contributed by atoms with Crippen LogP contribution in [-0.2, 0) is 9.53 Å². The van der Waals surface area contributed by atoms with E-state index in [0.717, 1.165) is 13.0 Å². The maximum Gasteiger partial charge on any atom is 0.325 e. The van der Waals surface area contributed by atoms with Gasteiger partial charge in [0.15, 0.2) is 0 Å². The molecule has 0 amide bonds. The van der Waals surface area contributed by atoms with Gasteiger partial charge in [-0.25, -0.2) is 4.98 Å². The van der Waals surface area contributed by atoms with Crippen LogP contribution in [0.15, 0.2) is 12.4 Å². The van der Waals surface area contributed by atoms with Crippen molar-refractivity contribution in [1.29, 1.82) is 0 Å². The summed E-state index contributed by atoms with van der Waals surface area (Å²) >= 11 is 0. The Bertz CT molecular complexity index is 343. The Hall–Kier alpha value is -1.85. The zero-order valence-corrected chi connectivity index (χ0v) is 9.49. The third-order valence-corrected chi connectivity index (χ3v) is 1.83. The number of rotatable bonds is 6. The smallest absolute Gasteiger partial charge is 0.325 e. The number of methoxy groups -OCH3 is 1. The lowest BCUT2D eigenvalue weighted by Gasteiger charge is -2.06. The SMILES string of the molecule is CCCNc1cncc(NCC(=O)OC)n1. The quantitative estimate of drug-likeness (QED) is 0.699. The van der Waals surface area contributed by atoms with Crippen LogP contribution in [0, 0.1) is 0 Å². The van der Waals surface area contributed by atoms with E-state index < -0.39 is 0 Å². The van der Waals surface area contributed by atoms with Crippen LogP contribution in [0.2, 0.25) is 0 Å². The fourth-order valence-corrected chi connectivity index (χ4v) is 1.02. The average Bonchev–Trinajstić information content (AvgIpc) is 2.34. The minimum atomic E-state index is -0.339. The fourth-order valence-electron chi connectivity index (χ4n) is 1.02. The summed E-state index contributed by atoms with van der Waals surface area (Å²) in [5, 5.41) is 5.93. The molecule has 0 aliphatic rings. The van der Waals surface area contributed by atoms with E-state index in [2.05, 4.69) is 32.3 Å². The monoisotopic (exact) mass is 224 g/mol. The van der Waals surface area contributed by atoms with Gasteiger partial charge in [0.05, 0.1) is 19.5 Å². The van der Waals surface area contributed by atoms with Crippen LogP contribution >= 0.6 is 0 Å². The Morgan fingerprint density at radius 2 is 2.06 bits per heavy atom. The molecule has 0 aromatic carbocycles. The van der Waals surface area contributed by atoms with E-state index in [1.165, 1.54) is 7.11 Å². The topological polar surface area (TPSA) is 76.1 Å². The number of carbonyl (C=O) groups excluding carboxylic acids is 1. The number of hydrogen-bond donors (Lipinski definition) is 2. The molecule has 1 aromatic heterocycles. The van der Waals surface area contributed by atoms with Gasteiger partial charge in [-0.1, -0.05) is 6.92 Å². The second-order valence-electron chi connectivity index (χ2n) is 3.15. The molecular formula is C10H16N4O2. The maximum absolute atomic E-state index is 10.9. The molecule has 0 aliphatic heterocycles. The van der Waals surface area contributed by atoms with Crippen LogP contribution in [0.4, 0.5) is 11.6 Å². The lowest BCUT2D eigenvalue weighted by molar-refractivity contribution is -0.138. The number of carbonyl (C=O) groups is 1. The average molecular weight is 224 g/mol. The number of aromatic nitrogens is 2. The van der Waals surface area contributed by atoms with Crippen LogP contribution in [0.1, 0.15) is 13.3 Å². The van der Waals surface area contributed by atoms with Gasteiger partial charge in [0, 0.05) is 6.54 Å². The van der Waals surface area contributed by atoms with Gasteiger partial charge in [-0.3, -0.25) is 9.78 Å². The first kappa shape index (κ1) is 12.2. The maximum atomic E-state index is 10.9. The molecule has 1 aromatic rings. The van der Waals surface area contributed by atoms with Gasteiger partial charge < -0.3 is 15.4 Å². The van der Waals surface area contributed by atoms with Gasteiger partial charge in [-0.2, -0.15) is 0 Å². The normalized spacial score (nSPS) is 9.62. The summed E-state index contributed by atoms with van der Waals surface area (Å²) in [5.74, 6) is 0.900. The largest absolute Gasteiger partial charge is 0.468 e. The fraction of sp³-hybridized carbons (Fsp3) is 0.500. The second kappa shape index (κ2) is 6.60. The Labute approximate surface area is 94.4 Å². The van der Waals surface area contributed by atoms with Crippen LogP contribution < -0.4 is 10.6 Å². The van der Waals surface area contributed by atoms with E-state index in [1.807, 2.05) is 0 Å². The highest BCUT2D eigenvalue weighted by Gasteiger charge is 2.01. The van der Waals surface area contributed by atoms with Crippen LogP contribution in [0.5, 0.6) is 0 Å². The number of esters is 1. The summed E-state index contributed by atoms with van der Waals surface area (Å²) in [7, 11) is 1.34. The van der Waals surface area contributed by atoms with Crippen molar-refractivity contribution in [3.8, 4) is 0 Å². The standard InChI is InChI=1S/C10H16N4O2/c1-3-4-12-8-5-11-6-9(14-8)13-7-10(15)16-2/h5-6H,3-4,7H2,1-2H3,(H2,12,13,14). The lowest BCUT2D eigenvalue weighted by Crippen LogP contribution is -2.16. The molecule has 1 heterocycles. The van der Waals surface area contributed by atoms with Gasteiger partial charge in [-0.05, 0) is 6.42 Å². The summed E-state index contributed by atoms with van der Waals surface area (Å²) in [6.45, 7) is 3.00. The van der Waals surface area contributed by atoms with E-state index in [0.29, 0.717) is 11.6 Å². The molecule has 16 heavy (non-hydrogen) atoms. The van der Waals surface area contributed by atoms with E-state index in [4.69, 9.17) is 0 Å². The second-order valence-corrected chi connectivity index (χ2v) is 3.15. The number of nitrogens with zero attached hydrogens (tertiary/aromatic N) is 2. The Kier molecular flexibility index (Phi) is 5.04. The van der Waals surface area contributed by atoms with E-state index >= 15 is 0 Å². The van der Waals surface area contributed by atoms with Gasteiger partial charge in [0.25, 0.3) is 0 Å².